The fourth-order valence-electron chi connectivity index (χ4n) is 3.02. The summed E-state index contributed by atoms with van der Waals surface area (Å²) in [5.74, 6) is -1.08. The fraction of sp³-hybridized carbons (Fsp3) is 0.158. The van der Waals surface area contributed by atoms with E-state index < -0.39 is 41.0 Å². The number of rotatable bonds is 6. The van der Waals surface area contributed by atoms with Crippen molar-refractivity contribution < 1.29 is 22.7 Å². The minimum absolute atomic E-state index is 0.170. The van der Waals surface area contributed by atoms with Gasteiger partial charge < -0.3 is 10.8 Å². The third kappa shape index (κ3) is 3.89. The highest BCUT2D eigenvalue weighted by Gasteiger charge is 2.58. The van der Waals surface area contributed by atoms with Crippen LogP contribution in [-0.2, 0) is 11.5 Å². The maximum atomic E-state index is 15.6. The molecular formula is C19H16ClF4N5O. The van der Waals surface area contributed by atoms with E-state index in [1.54, 1.807) is 0 Å². The van der Waals surface area contributed by atoms with Crippen LogP contribution < -0.4 is 11.6 Å². The second-order valence-electron chi connectivity index (χ2n) is 6.45. The molecule has 0 saturated heterocycles. The molecule has 6 nitrogen and oxygen atoms in total. The standard InChI is InChI=1S/C19H16ClF4N5O/c20-12-2-5-16-11(7-12)1-6-17(28-16)19(23,24)18(30,9-29(26)27-10-25)14-4-3-13(21)8-15(14)22/h1-8,10,30H,9,26H2,(H2,25,27). The number of benzene rings is 2. The molecule has 0 aliphatic carbocycles. The van der Waals surface area contributed by atoms with Crippen LogP contribution in [0, 0.1) is 11.6 Å². The molecule has 1 heterocycles. The molecule has 0 radical (unpaired) electrons. The number of hydrazone groups is 1. The summed E-state index contributed by atoms with van der Waals surface area (Å²) in [4.78, 5) is 3.89. The second kappa shape index (κ2) is 8.05. The number of nitrogens with zero attached hydrogens (tertiary/aromatic N) is 3. The van der Waals surface area contributed by atoms with Crippen molar-refractivity contribution in [1.82, 2.24) is 10.1 Å². The zero-order chi connectivity index (χ0) is 22.1. The average Bonchev–Trinajstić information content (AvgIpc) is 2.67. The Morgan fingerprint density at radius 3 is 2.53 bits per heavy atom. The summed E-state index contributed by atoms with van der Waals surface area (Å²) in [5, 5.41) is 15.7. The van der Waals surface area contributed by atoms with Gasteiger partial charge in [-0.2, -0.15) is 13.9 Å². The van der Waals surface area contributed by atoms with E-state index in [4.69, 9.17) is 23.2 Å². The molecule has 1 atom stereocenters. The highest BCUT2D eigenvalue weighted by Crippen LogP contribution is 2.46. The maximum Gasteiger partial charge on any atom is 0.323 e. The van der Waals surface area contributed by atoms with E-state index in [-0.39, 0.29) is 5.52 Å². The van der Waals surface area contributed by atoms with Gasteiger partial charge in [0.2, 0.25) is 0 Å². The number of aromatic nitrogens is 1. The summed E-state index contributed by atoms with van der Waals surface area (Å²) in [5.41, 5.74) is 0.232. The second-order valence-corrected chi connectivity index (χ2v) is 6.89. The van der Waals surface area contributed by atoms with Gasteiger partial charge in [0.05, 0.1) is 12.1 Å². The van der Waals surface area contributed by atoms with E-state index in [9.17, 15) is 13.9 Å². The van der Waals surface area contributed by atoms with Crippen LogP contribution in [-0.4, -0.2) is 28.1 Å². The van der Waals surface area contributed by atoms with E-state index in [1.807, 2.05) is 0 Å². The van der Waals surface area contributed by atoms with Gasteiger partial charge in [-0.15, -0.1) is 0 Å². The van der Waals surface area contributed by atoms with Gasteiger partial charge in [-0.1, -0.05) is 17.7 Å². The Morgan fingerprint density at radius 1 is 1.13 bits per heavy atom. The van der Waals surface area contributed by atoms with Crippen LogP contribution in [0.25, 0.3) is 10.9 Å². The molecule has 158 valence electrons. The maximum absolute atomic E-state index is 15.6. The largest absolute Gasteiger partial charge is 0.388 e. The van der Waals surface area contributed by atoms with Crippen molar-refractivity contribution in [2.24, 2.45) is 16.7 Å². The first-order valence-electron chi connectivity index (χ1n) is 8.47. The van der Waals surface area contributed by atoms with Crippen LogP contribution in [0.5, 0.6) is 0 Å². The number of aliphatic hydroxyl groups is 1. The van der Waals surface area contributed by atoms with E-state index in [0.29, 0.717) is 34.0 Å². The Balaban J connectivity index is 2.19. The normalized spacial score (nSPS) is 14.2. The number of pyridine rings is 1. The Morgan fingerprint density at radius 2 is 1.87 bits per heavy atom. The van der Waals surface area contributed by atoms with Gasteiger partial charge in [0.15, 0.2) is 5.60 Å². The topological polar surface area (TPSA) is 101 Å². The summed E-state index contributed by atoms with van der Waals surface area (Å²) in [7, 11) is 0. The lowest BCUT2D eigenvalue weighted by Crippen LogP contribution is -2.53. The summed E-state index contributed by atoms with van der Waals surface area (Å²) < 4.78 is 59.0. The molecule has 1 aromatic heterocycles. The lowest BCUT2D eigenvalue weighted by Gasteiger charge is -2.37. The van der Waals surface area contributed by atoms with Gasteiger partial charge in [-0.3, -0.25) is 0 Å². The van der Waals surface area contributed by atoms with Crippen LogP contribution in [0.2, 0.25) is 5.02 Å². The number of hydrogen-bond acceptors (Lipinski definition) is 5. The van der Waals surface area contributed by atoms with Crippen molar-refractivity contribution in [2.45, 2.75) is 11.5 Å². The van der Waals surface area contributed by atoms with E-state index in [2.05, 4.69) is 10.1 Å². The van der Waals surface area contributed by atoms with Crippen molar-refractivity contribution in [2.75, 3.05) is 6.54 Å². The first-order chi connectivity index (χ1) is 14.1. The quantitative estimate of drug-likeness (QED) is 0.179. The Hall–Kier alpha value is -2.95. The minimum Gasteiger partial charge on any atom is -0.388 e. The van der Waals surface area contributed by atoms with Gasteiger partial charge >= 0.3 is 5.92 Å². The molecule has 3 rings (SSSR count). The number of fused-ring (bicyclic) bond motifs is 1. The summed E-state index contributed by atoms with van der Waals surface area (Å²) in [6, 6.07) is 8.52. The first-order valence-corrected chi connectivity index (χ1v) is 8.85. The van der Waals surface area contributed by atoms with Crippen molar-refractivity contribution in [1.29, 1.82) is 0 Å². The van der Waals surface area contributed by atoms with Crippen LogP contribution in [0.3, 0.4) is 0 Å². The SMILES string of the molecule is N/C=N\N(N)CC(O)(c1ccc(F)cc1F)C(F)(F)c1ccc2cc(Cl)ccc2n1. The van der Waals surface area contributed by atoms with Crippen LogP contribution in [0.1, 0.15) is 11.3 Å². The predicted octanol–water partition coefficient (Wildman–Crippen LogP) is 3.22. The molecule has 0 aliphatic heterocycles. The molecule has 0 spiro atoms. The van der Waals surface area contributed by atoms with Crippen LogP contribution in [0.4, 0.5) is 17.6 Å². The highest BCUT2D eigenvalue weighted by molar-refractivity contribution is 6.31. The third-order valence-electron chi connectivity index (χ3n) is 4.47. The number of hydrogen-bond donors (Lipinski definition) is 3. The van der Waals surface area contributed by atoms with Crippen LogP contribution in [0.15, 0.2) is 53.6 Å². The predicted molar refractivity (Wildman–Crippen MR) is 104 cm³/mol. The zero-order valence-corrected chi connectivity index (χ0v) is 16.0. The van der Waals surface area contributed by atoms with Crippen molar-refractivity contribution in [3.05, 3.63) is 76.4 Å². The summed E-state index contributed by atoms with van der Waals surface area (Å²) >= 11 is 5.89. The molecule has 5 N–H and O–H groups in total. The summed E-state index contributed by atoms with van der Waals surface area (Å²) in [6.07, 6.45) is 0.706. The number of halogens is 5. The van der Waals surface area contributed by atoms with Crippen molar-refractivity contribution in [3.8, 4) is 0 Å². The molecule has 11 heteroatoms. The average molecular weight is 442 g/mol. The zero-order valence-electron chi connectivity index (χ0n) is 15.2. The van der Waals surface area contributed by atoms with E-state index >= 15 is 8.78 Å². The minimum atomic E-state index is -4.18. The van der Waals surface area contributed by atoms with Gasteiger partial charge in [-0.05, 0) is 36.4 Å². The molecule has 0 amide bonds. The summed E-state index contributed by atoms with van der Waals surface area (Å²) in [6.45, 7) is -1.09. The van der Waals surface area contributed by atoms with Crippen LogP contribution >= 0.6 is 11.6 Å². The molecule has 0 aliphatic rings. The number of hydrazine groups is 1. The number of nitrogens with two attached hydrogens (primary N) is 2. The Bertz CT molecular complexity index is 1110. The van der Waals surface area contributed by atoms with Gasteiger partial charge in [0.1, 0.15) is 23.7 Å². The van der Waals surface area contributed by atoms with E-state index in [1.165, 1.54) is 24.3 Å². The molecule has 0 saturated carbocycles. The van der Waals surface area contributed by atoms with Gasteiger partial charge in [0, 0.05) is 22.0 Å². The monoisotopic (exact) mass is 441 g/mol. The lowest BCUT2D eigenvalue weighted by atomic mass is 9.84. The molecule has 2 aromatic carbocycles. The molecule has 1 unspecified atom stereocenters. The molecule has 0 fully saturated rings. The van der Waals surface area contributed by atoms with E-state index in [0.717, 1.165) is 12.1 Å². The number of alkyl halides is 2. The fourth-order valence-corrected chi connectivity index (χ4v) is 3.20. The van der Waals surface area contributed by atoms with Gasteiger partial charge in [0.25, 0.3) is 0 Å². The Kier molecular flexibility index (Phi) is 5.84. The Labute approximate surface area is 173 Å². The first kappa shape index (κ1) is 21.8. The molecular weight excluding hydrogens is 426 g/mol. The van der Waals surface area contributed by atoms with Crippen molar-refractivity contribution in [3.63, 3.8) is 0 Å². The smallest absolute Gasteiger partial charge is 0.323 e. The van der Waals surface area contributed by atoms with Crippen molar-refractivity contribution >= 4 is 28.8 Å². The lowest BCUT2D eigenvalue weighted by molar-refractivity contribution is -0.208. The molecule has 3 aromatic rings. The molecule has 30 heavy (non-hydrogen) atoms. The third-order valence-corrected chi connectivity index (χ3v) is 4.71. The molecule has 0 bridgehead atoms. The van der Waals surface area contributed by atoms with Gasteiger partial charge in [-0.25, -0.2) is 24.7 Å². The highest BCUT2D eigenvalue weighted by atomic mass is 35.5.